The number of hydrogen-bond acceptors (Lipinski definition) is 5. The number of aromatic amines is 1. The lowest BCUT2D eigenvalue weighted by molar-refractivity contribution is 0.392. The lowest BCUT2D eigenvalue weighted by Gasteiger charge is -2.07. The second kappa shape index (κ2) is 4.74. The van der Waals surface area contributed by atoms with E-state index in [-0.39, 0.29) is 12.1 Å². The molecular formula is C11H11N3O4. The molecule has 0 spiro atoms. The van der Waals surface area contributed by atoms with Crippen LogP contribution < -0.4 is 11.2 Å². The van der Waals surface area contributed by atoms with Crippen molar-refractivity contribution >= 4 is 6.21 Å². The van der Waals surface area contributed by atoms with Crippen LogP contribution in [0.25, 0.3) is 0 Å². The Kier molecular flexibility index (Phi) is 3.13. The van der Waals surface area contributed by atoms with Gasteiger partial charge in [-0.25, -0.2) is 4.79 Å². The lowest BCUT2D eigenvalue weighted by atomic mass is 10.3. The molecule has 0 atom stereocenters. The molecule has 0 unspecified atom stereocenters. The molecule has 0 bridgehead atoms. The molecule has 7 nitrogen and oxygen atoms in total. The van der Waals surface area contributed by atoms with Crippen molar-refractivity contribution < 1.29 is 9.52 Å². The van der Waals surface area contributed by atoms with Crippen LogP contribution in [-0.4, -0.2) is 27.9 Å². The molecule has 0 aromatic carbocycles. The summed E-state index contributed by atoms with van der Waals surface area (Å²) in [5.74, 6) is 0.0459. The third-order valence-electron chi connectivity index (χ3n) is 2.36. The number of aromatic hydroxyl groups is 1. The minimum absolute atomic E-state index is 0.0268. The highest BCUT2D eigenvalue weighted by atomic mass is 16.3. The van der Waals surface area contributed by atoms with E-state index < -0.39 is 17.1 Å². The molecule has 2 aromatic rings. The average Bonchev–Trinajstić information content (AvgIpc) is 2.83. The van der Waals surface area contributed by atoms with Crippen LogP contribution in [0.3, 0.4) is 0 Å². The summed E-state index contributed by atoms with van der Waals surface area (Å²) in [5.41, 5.74) is -1.45. The first kappa shape index (κ1) is 11.9. The van der Waals surface area contributed by atoms with Crippen LogP contribution in [0.5, 0.6) is 5.88 Å². The number of nitrogens with one attached hydrogen (secondary N) is 1. The van der Waals surface area contributed by atoms with Crippen molar-refractivity contribution in [2.24, 2.45) is 4.99 Å². The van der Waals surface area contributed by atoms with Crippen molar-refractivity contribution in [2.75, 3.05) is 7.05 Å². The Morgan fingerprint density at radius 1 is 1.56 bits per heavy atom. The molecule has 2 N–H and O–H groups in total. The summed E-state index contributed by atoms with van der Waals surface area (Å²) in [6.07, 6.45) is 2.64. The third kappa shape index (κ3) is 2.10. The van der Waals surface area contributed by atoms with Crippen LogP contribution in [0.2, 0.25) is 0 Å². The van der Waals surface area contributed by atoms with E-state index in [0.717, 1.165) is 4.57 Å². The van der Waals surface area contributed by atoms with Crippen molar-refractivity contribution in [3.63, 3.8) is 0 Å². The number of aromatic nitrogens is 2. The quantitative estimate of drug-likeness (QED) is 0.743. The van der Waals surface area contributed by atoms with Crippen LogP contribution in [0.15, 0.2) is 37.4 Å². The summed E-state index contributed by atoms with van der Waals surface area (Å²) in [6.45, 7) is 0.0268. The monoisotopic (exact) mass is 249 g/mol. The van der Waals surface area contributed by atoms with Gasteiger partial charge in [-0.05, 0) is 12.1 Å². The maximum atomic E-state index is 11.6. The van der Waals surface area contributed by atoms with Crippen molar-refractivity contribution in [1.29, 1.82) is 0 Å². The Balaban J connectivity index is 2.57. The van der Waals surface area contributed by atoms with Crippen LogP contribution in [0.4, 0.5) is 0 Å². The van der Waals surface area contributed by atoms with Gasteiger partial charge in [0.25, 0.3) is 5.56 Å². The van der Waals surface area contributed by atoms with Crippen molar-refractivity contribution in [3.05, 3.63) is 50.6 Å². The van der Waals surface area contributed by atoms with E-state index >= 15 is 0 Å². The average molecular weight is 249 g/mol. The molecule has 0 saturated carbocycles. The minimum atomic E-state index is -0.706. The Hall–Kier alpha value is -2.57. The number of furan rings is 1. The van der Waals surface area contributed by atoms with Gasteiger partial charge in [0.05, 0.1) is 12.8 Å². The van der Waals surface area contributed by atoms with Crippen molar-refractivity contribution in [2.45, 2.75) is 6.54 Å². The lowest BCUT2D eigenvalue weighted by Crippen LogP contribution is -2.32. The zero-order chi connectivity index (χ0) is 13.1. The van der Waals surface area contributed by atoms with Crippen LogP contribution in [-0.2, 0) is 6.54 Å². The zero-order valence-electron chi connectivity index (χ0n) is 9.58. The molecule has 0 fully saturated rings. The minimum Gasteiger partial charge on any atom is -0.494 e. The standard InChI is InChI=1S/C11H11N3O4/c1-12-5-8-9(15)13-11(17)14(10(8)16)6-7-3-2-4-18-7/h2-5,16H,6H2,1H3,(H,13,15,17). The summed E-state index contributed by atoms with van der Waals surface area (Å²) < 4.78 is 6.08. The molecule has 0 aliphatic rings. The molecule has 2 heterocycles. The van der Waals surface area contributed by atoms with E-state index in [9.17, 15) is 14.7 Å². The van der Waals surface area contributed by atoms with Crippen molar-refractivity contribution in [1.82, 2.24) is 9.55 Å². The van der Waals surface area contributed by atoms with Crippen LogP contribution in [0, 0.1) is 0 Å². The molecule has 0 amide bonds. The normalized spacial score (nSPS) is 11.2. The van der Waals surface area contributed by atoms with E-state index in [1.54, 1.807) is 12.1 Å². The van der Waals surface area contributed by atoms with Gasteiger partial charge in [0.15, 0.2) is 0 Å². The molecule has 0 saturated heterocycles. The zero-order valence-corrected chi connectivity index (χ0v) is 9.58. The SMILES string of the molecule is CN=Cc1c(O)n(Cc2ccco2)c(=O)[nH]c1=O. The molecule has 0 aliphatic carbocycles. The van der Waals surface area contributed by atoms with Gasteiger partial charge in [-0.2, -0.15) is 0 Å². The molecule has 18 heavy (non-hydrogen) atoms. The Bertz CT molecular complexity index is 679. The van der Waals surface area contributed by atoms with E-state index in [0.29, 0.717) is 5.76 Å². The van der Waals surface area contributed by atoms with Gasteiger partial charge in [-0.1, -0.05) is 0 Å². The summed E-state index contributed by atoms with van der Waals surface area (Å²) in [5, 5.41) is 9.89. The van der Waals surface area contributed by atoms with E-state index in [2.05, 4.69) is 9.98 Å². The highest BCUT2D eigenvalue weighted by Crippen LogP contribution is 2.11. The molecule has 7 heteroatoms. The third-order valence-corrected chi connectivity index (χ3v) is 2.36. The highest BCUT2D eigenvalue weighted by Gasteiger charge is 2.13. The van der Waals surface area contributed by atoms with Gasteiger partial charge in [0.2, 0.25) is 5.88 Å². The van der Waals surface area contributed by atoms with Gasteiger partial charge >= 0.3 is 5.69 Å². The summed E-state index contributed by atoms with van der Waals surface area (Å²) in [4.78, 5) is 28.8. The smallest absolute Gasteiger partial charge is 0.331 e. The topological polar surface area (TPSA) is 101 Å². The van der Waals surface area contributed by atoms with Gasteiger partial charge in [0.1, 0.15) is 11.3 Å². The fraction of sp³-hybridized carbons (Fsp3) is 0.182. The molecule has 0 radical (unpaired) electrons. The van der Waals surface area contributed by atoms with Gasteiger partial charge in [0, 0.05) is 13.3 Å². The maximum Gasteiger partial charge on any atom is 0.331 e. The first-order chi connectivity index (χ1) is 8.63. The van der Waals surface area contributed by atoms with Gasteiger partial charge in [-0.15, -0.1) is 0 Å². The second-order valence-electron chi connectivity index (χ2n) is 3.55. The molecule has 2 rings (SSSR count). The number of aliphatic imine (C=N–C) groups is 1. The predicted octanol–water partition coefficient (Wildman–Crippen LogP) is -0.0678. The summed E-state index contributed by atoms with van der Waals surface area (Å²) >= 11 is 0. The fourth-order valence-electron chi connectivity index (χ4n) is 1.53. The van der Waals surface area contributed by atoms with E-state index in [1.165, 1.54) is 19.5 Å². The van der Waals surface area contributed by atoms with Crippen molar-refractivity contribution in [3.8, 4) is 5.88 Å². The number of rotatable bonds is 3. The van der Waals surface area contributed by atoms with Gasteiger partial charge in [-0.3, -0.25) is 19.3 Å². The molecule has 94 valence electrons. The fourth-order valence-corrected chi connectivity index (χ4v) is 1.53. The summed E-state index contributed by atoms with van der Waals surface area (Å²) in [6, 6.07) is 3.32. The number of H-pyrrole nitrogens is 1. The van der Waals surface area contributed by atoms with E-state index in [1.807, 2.05) is 0 Å². The van der Waals surface area contributed by atoms with E-state index in [4.69, 9.17) is 4.42 Å². The molecule has 2 aromatic heterocycles. The maximum absolute atomic E-state index is 11.6. The summed E-state index contributed by atoms with van der Waals surface area (Å²) in [7, 11) is 1.46. The second-order valence-corrected chi connectivity index (χ2v) is 3.55. The highest BCUT2D eigenvalue weighted by molar-refractivity contribution is 5.81. The molecule has 0 aliphatic heterocycles. The first-order valence-electron chi connectivity index (χ1n) is 5.14. The largest absolute Gasteiger partial charge is 0.494 e. The van der Waals surface area contributed by atoms with Gasteiger partial charge < -0.3 is 9.52 Å². The first-order valence-corrected chi connectivity index (χ1v) is 5.14. The Labute approximate surface area is 101 Å². The predicted molar refractivity (Wildman–Crippen MR) is 64.3 cm³/mol. The number of hydrogen-bond donors (Lipinski definition) is 2. The Morgan fingerprint density at radius 2 is 2.33 bits per heavy atom. The number of nitrogens with zero attached hydrogens (tertiary/aromatic N) is 2. The van der Waals surface area contributed by atoms with Crippen LogP contribution in [0.1, 0.15) is 11.3 Å². The Morgan fingerprint density at radius 3 is 2.94 bits per heavy atom. The molecular weight excluding hydrogens is 238 g/mol. The van der Waals surface area contributed by atoms with Crippen LogP contribution >= 0.6 is 0 Å².